The van der Waals surface area contributed by atoms with E-state index in [1.807, 2.05) is 53.3 Å². The Hall–Kier alpha value is -4.22. The number of nitrogens with one attached hydrogen (secondary N) is 1. The van der Waals surface area contributed by atoms with Gasteiger partial charge in [0, 0.05) is 35.2 Å². The molecule has 0 aliphatic carbocycles. The number of nitrogens with zero attached hydrogens (tertiary/aromatic N) is 4. The van der Waals surface area contributed by atoms with E-state index in [2.05, 4.69) is 27.5 Å². The van der Waals surface area contributed by atoms with Crippen LogP contribution in [0.1, 0.15) is 12.0 Å². The van der Waals surface area contributed by atoms with Crippen LogP contribution in [0, 0.1) is 0 Å². The third kappa shape index (κ3) is 6.49. The SMILES string of the molecule is COc1cc2c(N)nc(-c3ccc4c(cnn4Cc4ccccc4)c3)nc2cc1OCCCNCCS(C)(=O)=O. The van der Waals surface area contributed by atoms with Crippen molar-refractivity contribution in [2.75, 3.05) is 44.5 Å². The van der Waals surface area contributed by atoms with Crippen LogP contribution in [0.5, 0.6) is 11.5 Å². The standard InChI is InChI=1S/C29H32N6O4S/c1-38-26-16-23-24(17-27(26)39-13-6-11-31-12-14-40(2,36)37)33-29(34-28(23)30)21-9-10-25-22(15-21)18-32-35(25)19-20-7-4-3-5-8-20/h3-5,7-10,15-18,31H,6,11-14,19H2,1-2H3,(H2,30,33,34). The van der Waals surface area contributed by atoms with E-state index in [4.69, 9.17) is 20.2 Å². The number of nitrogens with two attached hydrogens (primary N) is 1. The van der Waals surface area contributed by atoms with Crippen molar-refractivity contribution >= 4 is 37.5 Å². The van der Waals surface area contributed by atoms with Gasteiger partial charge < -0.3 is 20.5 Å². The molecule has 0 saturated carbocycles. The number of nitrogen functional groups attached to an aromatic ring is 1. The second-order valence-electron chi connectivity index (χ2n) is 9.60. The Morgan fingerprint density at radius 2 is 1.82 bits per heavy atom. The number of aromatic nitrogens is 4. The predicted octanol–water partition coefficient (Wildman–Crippen LogP) is 3.69. The van der Waals surface area contributed by atoms with Crippen molar-refractivity contribution < 1.29 is 17.9 Å². The number of benzene rings is 3. The Kier molecular flexibility index (Phi) is 8.13. The van der Waals surface area contributed by atoms with E-state index >= 15 is 0 Å². The van der Waals surface area contributed by atoms with Crippen molar-refractivity contribution in [3.05, 3.63) is 72.4 Å². The lowest BCUT2D eigenvalue weighted by Crippen LogP contribution is -2.24. The van der Waals surface area contributed by atoms with Gasteiger partial charge in [-0.25, -0.2) is 18.4 Å². The molecule has 3 N–H and O–H groups in total. The predicted molar refractivity (Wildman–Crippen MR) is 157 cm³/mol. The highest BCUT2D eigenvalue weighted by atomic mass is 32.2. The molecular weight excluding hydrogens is 528 g/mol. The molecule has 5 aromatic rings. The number of ether oxygens (including phenoxy) is 2. The van der Waals surface area contributed by atoms with E-state index in [1.54, 1.807) is 13.2 Å². The molecule has 0 aliphatic rings. The highest BCUT2D eigenvalue weighted by Gasteiger charge is 2.14. The van der Waals surface area contributed by atoms with Crippen LogP contribution in [0.25, 0.3) is 33.2 Å². The van der Waals surface area contributed by atoms with E-state index in [-0.39, 0.29) is 5.75 Å². The van der Waals surface area contributed by atoms with E-state index in [0.29, 0.717) is 66.7 Å². The van der Waals surface area contributed by atoms with Crippen LogP contribution in [-0.2, 0) is 16.4 Å². The molecule has 0 unspecified atom stereocenters. The summed E-state index contributed by atoms with van der Waals surface area (Å²) in [6.45, 7) is 2.15. The molecule has 2 heterocycles. The third-order valence-electron chi connectivity index (χ3n) is 6.49. The number of methoxy groups -OCH3 is 1. The zero-order valence-electron chi connectivity index (χ0n) is 22.5. The second-order valence-corrected chi connectivity index (χ2v) is 11.9. The van der Waals surface area contributed by atoms with E-state index in [1.165, 1.54) is 11.8 Å². The fraction of sp³-hybridized carbons (Fsp3) is 0.276. The summed E-state index contributed by atoms with van der Waals surface area (Å²) < 4.78 is 36.0. The lowest BCUT2D eigenvalue weighted by Gasteiger charge is -2.13. The second kappa shape index (κ2) is 11.9. The van der Waals surface area contributed by atoms with Crippen molar-refractivity contribution in [1.82, 2.24) is 25.1 Å². The molecule has 0 aliphatic heterocycles. The molecule has 0 saturated heterocycles. The molecule has 0 fully saturated rings. The van der Waals surface area contributed by atoms with Crippen LogP contribution >= 0.6 is 0 Å². The van der Waals surface area contributed by atoms with E-state index in [9.17, 15) is 8.42 Å². The van der Waals surface area contributed by atoms with Crippen molar-refractivity contribution in [2.45, 2.75) is 13.0 Å². The number of sulfone groups is 1. The topological polar surface area (TPSA) is 134 Å². The highest BCUT2D eigenvalue weighted by Crippen LogP contribution is 2.35. The van der Waals surface area contributed by atoms with Gasteiger partial charge in [-0.2, -0.15) is 5.10 Å². The normalized spacial score (nSPS) is 11.8. The number of anilines is 1. The van der Waals surface area contributed by atoms with Gasteiger partial charge in [0.2, 0.25) is 0 Å². The minimum Gasteiger partial charge on any atom is -0.493 e. The van der Waals surface area contributed by atoms with Gasteiger partial charge in [-0.15, -0.1) is 0 Å². The van der Waals surface area contributed by atoms with Gasteiger partial charge in [-0.1, -0.05) is 30.3 Å². The first-order valence-corrected chi connectivity index (χ1v) is 15.0. The molecule has 10 nitrogen and oxygen atoms in total. The third-order valence-corrected chi connectivity index (χ3v) is 7.44. The average molecular weight is 561 g/mol. The molecule has 0 radical (unpaired) electrons. The van der Waals surface area contributed by atoms with Crippen LogP contribution in [0.4, 0.5) is 5.82 Å². The Morgan fingerprint density at radius 1 is 1.00 bits per heavy atom. The Labute approximate surface area is 233 Å². The number of fused-ring (bicyclic) bond motifs is 2. The summed E-state index contributed by atoms with van der Waals surface area (Å²) in [5.74, 6) is 2.05. The molecular formula is C29H32N6O4S. The molecule has 5 rings (SSSR count). The first-order valence-electron chi connectivity index (χ1n) is 13.0. The number of rotatable bonds is 12. The minimum absolute atomic E-state index is 0.110. The zero-order chi connectivity index (χ0) is 28.1. The maximum atomic E-state index is 11.2. The molecule has 2 aromatic heterocycles. The van der Waals surface area contributed by atoms with Gasteiger partial charge in [0.05, 0.1) is 43.2 Å². The molecule has 0 amide bonds. The zero-order valence-corrected chi connectivity index (χ0v) is 23.3. The van der Waals surface area contributed by atoms with Crippen LogP contribution in [-0.4, -0.2) is 67.0 Å². The molecule has 0 bridgehead atoms. The van der Waals surface area contributed by atoms with Crippen LogP contribution in [0.3, 0.4) is 0 Å². The van der Waals surface area contributed by atoms with Crippen molar-refractivity contribution in [2.24, 2.45) is 0 Å². The summed E-state index contributed by atoms with van der Waals surface area (Å²) >= 11 is 0. The van der Waals surface area contributed by atoms with Crippen LogP contribution in [0.15, 0.2) is 66.9 Å². The average Bonchev–Trinajstić information content (AvgIpc) is 3.33. The van der Waals surface area contributed by atoms with Crippen molar-refractivity contribution in [3.8, 4) is 22.9 Å². The van der Waals surface area contributed by atoms with E-state index in [0.717, 1.165) is 16.5 Å². The van der Waals surface area contributed by atoms with Gasteiger partial charge in [-0.05, 0) is 42.8 Å². The number of hydrogen-bond acceptors (Lipinski definition) is 9. The Bertz CT molecular complexity index is 1740. The van der Waals surface area contributed by atoms with Crippen LogP contribution < -0.4 is 20.5 Å². The summed E-state index contributed by atoms with van der Waals surface area (Å²) in [6, 6.07) is 19.8. The lowest BCUT2D eigenvalue weighted by molar-refractivity contribution is 0.288. The first kappa shape index (κ1) is 27.4. The minimum atomic E-state index is -2.98. The Balaban J connectivity index is 1.34. The Morgan fingerprint density at radius 3 is 2.60 bits per heavy atom. The molecule has 208 valence electrons. The molecule has 11 heteroatoms. The highest BCUT2D eigenvalue weighted by molar-refractivity contribution is 7.90. The van der Waals surface area contributed by atoms with Crippen molar-refractivity contribution in [1.29, 1.82) is 0 Å². The van der Waals surface area contributed by atoms with E-state index < -0.39 is 9.84 Å². The summed E-state index contributed by atoms with van der Waals surface area (Å²) in [5, 5.41) is 9.35. The molecule has 0 spiro atoms. The van der Waals surface area contributed by atoms with Crippen molar-refractivity contribution in [3.63, 3.8) is 0 Å². The smallest absolute Gasteiger partial charge is 0.163 e. The number of hydrogen-bond donors (Lipinski definition) is 2. The maximum absolute atomic E-state index is 11.2. The van der Waals surface area contributed by atoms with Crippen LogP contribution in [0.2, 0.25) is 0 Å². The first-order chi connectivity index (χ1) is 19.3. The maximum Gasteiger partial charge on any atom is 0.163 e. The summed E-state index contributed by atoms with van der Waals surface area (Å²) in [6.07, 6.45) is 3.77. The fourth-order valence-corrected chi connectivity index (χ4v) is 4.95. The molecule has 3 aromatic carbocycles. The van der Waals surface area contributed by atoms with Gasteiger partial charge in [0.25, 0.3) is 0 Å². The molecule has 40 heavy (non-hydrogen) atoms. The molecule has 0 atom stereocenters. The lowest BCUT2D eigenvalue weighted by atomic mass is 10.1. The monoisotopic (exact) mass is 560 g/mol. The van der Waals surface area contributed by atoms with Gasteiger partial charge in [0.15, 0.2) is 17.3 Å². The quantitative estimate of drug-likeness (QED) is 0.219. The largest absolute Gasteiger partial charge is 0.493 e. The van der Waals surface area contributed by atoms with Gasteiger partial charge in [0.1, 0.15) is 15.7 Å². The van der Waals surface area contributed by atoms with Gasteiger partial charge in [-0.3, -0.25) is 4.68 Å². The summed E-state index contributed by atoms with van der Waals surface area (Å²) in [7, 11) is -1.41. The summed E-state index contributed by atoms with van der Waals surface area (Å²) in [5.41, 5.74) is 10.0. The van der Waals surface area contributed by atoms with Gasteiger partial charge >= 0.3 is 0 Å². The fourth-order valence-electron chi connectivity index (χ4n) is 4.43. The summed E-state index contributed by atoms with van der Waals surface area (Å²) in [4.78, 5) is 9.36.